The first kappa shape index (κ1) is 13.2. The maximum Gasteiger partial charge on any atom is 0.264 e. The van der Waals surface area contributed by atoms with Crippen LogP contribution < -0.4 is 16.0 Å². The van der Waals surface area contributed by atoms with Gasteiger partial charge in [0.2, 0.25) is 0 Å². The van der Waals surface area contributed by atoms with Crippen LogP contribution in [0.2, 0.25) is 0 Å². The molecule has 2 N–H and O–H groups in total. The van der Waals surface area contributed by atoms with Crippen molar-refractivity contribution < 1.29 is 4.74 Å². The van der Waals surface area contributed by atoms with Crippen molar-refractivity contribution in [3.8, 4) is 5.75 Å². The average Bonchev–Trinajstić information content (AvgIpc) is 2.86. The first-order valence-corrected chi connectivity index (χ1v) is 6.39. The fraction of sp³-hybridized carbons (Fsp3) is 0.214. The van der Waals surface area contributed by atoms with Gasteiger partial charge in [0.1, 0.15) is 17.5 Å². The third-order valence-corrected chi connectivity index (χ3v) is 3.37. The van der Waals surface area contributed by atoms with Crippen molar-refractivity contribution in [3.05, 3.63) is 46.6 Å². The van der Waals surface area contributed by atoms with Crippen molar-refractivity contribution >= 4 is 16.7 Å². The van der Waals surface area contributed by atoms with Gasteiger partial charge < -0.3 is 10.5 Å². The summed E-state index contributed by atoms with van der Waals surface area (Å²) in [6, 6.07) is 5.35. The fourth-order valence-corrected chi connectivity index (χ4v) is 2.25. The summed E-state index contributed by atoms with van der Waals surface area (Å²) in [6.07, 6.45) is 3.05. The minimum Gasteiger partial charge on any atom is -0.496 e. The molecule has 3 aromatic rings. The molecule has 0 unspecified atom stereocenters. The molecule has 0 aliphatic rings. The van der Waals surface area contributed by atoms with Crippen LogP contribution >= 0.6 is 0 Å². The van der Waals surface area contributed by atoms with Gasteiger partial charge in [0.25, 0.3) is 5.56 Å². The van der Waals surface area contributed by atoms with E-state index in [1.807, 2.05) is 6.07 Å². The van der Waals surface area contributed by atoms with Gasteiger partial charge in [0, 0.05) is 24.4 Å². The molecule has 0 fully saturated rings. The second-order valence-corrected chi connectivity index (χ2v) is 4.75. The number of aromatic nitrogens is 4. The molecular formula is C14H15N5O2. The van der Waals surface area contributed by atoms with Gasteiger partial charge in [-0.25, -0.2) is 4.98 Å². The van der Waals surface area contributed by atoms with E-state index in [0.29, 0.717) is 29.0 Å². The minimum atomic E-state index is -0.132. The highest BCUT2D eigenvalue weighted by molar-refractivity contribution is 5.72. The average molecular weight is 285 g/mol. The number of nitrogen functional groups attached to an aromatic ring is 1. The van der Waals surface area contributed by atoms with Crippen LogP contribution in [0.25, 0.3) is 11.0 Å². The lowest BCUT2D eigenvalue weighted by molar-refractivity contribution is 0.408. The normalized spacial score (nSPS) is 11.0. The van der Waals surface area contributed by atoms with E-state index in [9.17, 15) is 4.79 Å². The SMILES string of the molecule is COc1cc(N)ccc1Cn1cnc2c(cnn2C)c1=O. The van der Waals surface area contributed by atoms with Crippen LogP contribution in [0.5, 0.6) is 5.75 Å². The molecule has 3 rings (SSSR count). The molecule has 2 heterocycles. The summed E-state index contributed by atoms with van der Waals surface area (Å²) in [7, 11) is 3.33. The van der Waals surface area contributed by atoms with Crippen molar-refractivity contribution in [1.82, 2.24) is 19.3 Å². The highest BCUT2D eigenvalue weighted by Gasteiger charge is 2.10. The Morgan fingerprint density at radius 2 is 2.19 bits per heavy atom. The molecule has 0 amide bonds. The molecule has 0 atom stereocenters. The Morgan fingerprint density at radius 1 is 1.38 bits per heavy atom. The Hall–Kier alpha value is -2.83. The van der Waals surface area contributed by atoms with Gasteiger partial charge in [0.05, 0.1) is 19.9 Å². The first-order chi connectivity index (χ1) is 10.1. The number of hydrogen-bond acceptors (Lipinski definition) is 5. The zero-order chi connectivity index (χ0) is 15.0. The van der Waals surface area contributed by atoms with Crippen LogP contribution in [0, 0.1) is 0 Å². The number of methoxy groups -OCH3 is 1. The molecule has 7 heteroatoms. The quantitative estimate of drug-likeness (QED) is 0.718. The maximum absolute atomic E-state index is 12.4. The molecule has 0 saturated heterocycles. The number of ether oxygens (including phenoxy) is 1. The number of anilines is 1. The topological polar surface area (TPSA) is 88.0 Å². The monoisotopic (exact) mass is 285 g/mol. The summed E-state index contributed by atoms with van der Waals surface area (Å²) in [5.41, 5.74) is 7.64. The minimum absolute atomic E-state index is 0.132. The van der Waals surface area contributed by atoms with Gasteiger partial charge in [-0.15, -0.1) is 0 Å². The number of rotatable bonds is 3. The summed E-state index contributed by atoms with van der Waals surface area (Å²) in [5, 5.41) is 4.54. The summed E-state index contributed by atoms with van der Waals surface area (Å²) in [5.74, 6) is 0.646. The highest BCUT2D eigenvalue weighted by Crippen LogP contribution is 2.22. The Kier molecular flexibility index (Phi) is 3.09. The third kappa shape index (κ3) is 2.22. The van der Waals surface area contributed by atoms with Gasteiger partial charge >= 0.3 is 0 Å². The molecule has 7 nitrogen and oxygen atoms in total. The van der Waals surface area contributed by atoms with Crippen LogP contribution in [0.1, 0.15) is 5.56 Å². The van der Waals surface area contributed by atoms with Gasteiger partial charge in [-0.3, -0.25) is 14.0 Å². The van der Waals surface area contributed by atoms with Crippen molar-refractivity contribution in [3.63, 3.8) is 0 Å². The smallest absolute Gasteiger partial charge is 0.264 e. The van der Waals surface area contributed by atoms with Crippen LogP contribution in [0.4, 0.5) is 5.69 Å². The molecule has 0 saturated carbocycles. The van der Waals surface area contributed by atoms with E-state index in [0.717, 1.165) is 5.56 Å². The Morgan fingerprint density at radius 3 is 2.95 bits per heavy atom. The van der Waals surface area contributed by atoms with E-state index in [2.05, 4.69) is 10.1 Å². The third-order valence-electron chi connectivity index (χ3n) is 3.37. The molecule has 0 spiro atoms. The number of nitrogens with zero attached hydrogens (tertiary/aromatic N) is 4. The van der Waals surface area contributed by atoms with E-state index >= 15 is 0 Å². The number of hydrogen-bond donors (Lipinski definition) is 1. The standard InChI is InChI=1S/C14H15N5O2/c1-18-13-11(6-17-18)14(20)19(8-16-13)7-9-3-4-10(15)5-12(9)21-2/h3-6,8H,7,15H2,1-2H3. The van der Waals surface area contributed by atoms with Gasteiger partial charge in [-0.2, -0.15) is 5.10 Å². The number of fused-ring (bicyclic) bond motifs is 1. The highest BCUT2D eigenvalue weighted by atomic mass is 16.5. The molecule has 1 aromatic carbocycles. The lowest BCUT2D eigenvalue weighted by atomic mass is 10.2. The fourth-order valence-electron chi connectivity index (χ4n) is 2.25. The Balaban J connectivity index is 2.06. The second-order valence-electron chi connectivity index (χ2n) is 4.75. The number of aryl methyl sites for hydroxylation is 1. The van der Waals surface area contributed by atoms with Gasteiger partial charge in [0.15, 0.2) is 5.65 Å². The van der Waals surface area contributed by atoms with Crippen LogP contribution in [-0.4, -0.2) is 26.4 Å². The molecular weight excluding hydrogens is 270 g/mol. The van der Waals surface area contributed by atoms with Crippen molar-refractivity contribution in [2.75, 3.05) is 12.8 Å². The van der Waals surface area contributed by atoms with E-state index in [1.165, 1.54) is 17.1 Å². The molecule has 0 aliphatic carbocycles. The van der Waals surface area contributed by atoms with Gasteiger partial charge in [-0.05, 0) is 6.07 Å². The molecule has 0 radical (unpaired) electrons. The summed E-state index contributed by atoms with van der Waals surface area (Å²) >= 11 is 0. The molecule has 0 bridgehead atoms. The summed E-state index contributed by atoms with van der Waals surface area (Å²) in [6.45, 7) is 0.361. The molecule has 108 valence electrons. The van der Waals surface area contributed by atoms with Crippen molar-refractivity contribution in [2.45, 2.75) is 6.54 Å². The maximum atomic E-state index is 12.4. The van der Waals surface area contributed by atoms with Crippen molar-refractivity contribution in [1.29, 1.82) is 0 Å². The van der Waals surface area contributed by atoms with Gasteiger partial charge in [-0.1, -0.05) is 6.07 Å². The predicted octanol–water partition coefficient (Wildman–Crippen LogP) is 0.769. The lowest BCUT2D eigenvalue weighted by Gasteiger charge is -2.10. The van der Waals surface area contributed by atoms with E-state index < -0.39 is 0 Å². The zero-order valence-electron chi connectivity index (χ0n) is 11.8. The molecule has 21 heavy (non-hydrogen) atoms. The van der Waals surface area contributed by atoms with Crippen LogP contribution in [0.3, 0.4) is 0 Å². The Labute approximate surface area is 120 Å². The largest absolute Gasteiger partial charge is 0.496 e. The van der Waals surface area contributed by atoms with E-state index in [1.54, 1.807) is 31.0 Å². The van der Waals surface area contributed by atoms with E-state index in [-0.39, 0.29) is 5.56 Å². The first-order valence-electron chi connectivity index (χ1n) is 6.39. The van der Waals surface area contributed by atoms with Crippen LogP contribution in [0.15, 0.2) is 35.5 Å². The number of nitrogens with two attached hydrogens (primary N) is 1. The summed E-state index contributed by atoms with van der Waals surface area (Å²) < 4.78 is 8.40. The molecule has 0 aliphatic heterocycles. The zero-order valence-corrected chi connectivity index (χ0v) is 11.8. The van der Waals surface area contributed by atoms with Crippen molar-refractivity contribution in [2.24, 2.45) is 7.05 Å². The van der Waals surface area contributed by atoms with E-state index in [4.69, 9.17) is 10.5 Å². The lowest BCUT2D eigenvalue weighted by Crippen LogP contribution is -2.21. The van der Waals surface area contributed by atoms with Crippen LogP contribution in [-0.2, 0) is 13.6 Å². The Bertz CT molecular complexity index is 865. The second kappa shape index (κ2) is 4.93. The summed E-state index contributed by atoms with van der Waals surface area (Å²) in [4.78, 5) is 16.7. The molecule has 2 aromatic heterocycles. The predicted molar refractivity (Wildman–Crippen MR) is 79.3 cm³/mol. The number of benzene rings is 1.